The molecule has 4 N–H and O–H groups in total. The van der Waals surface area contributed by atoms with Gasteiger partial charge in [0.2, 0.25) is 0 Å². The highest BCUT2D eigenvalue weighted by Crippen LogP contribution is 2.10. The summed E-state index contributed by atoms with van der Waals surface area (Å²) in [5.41, 5.74) is 11.6. The molecule has 1 aliphatic rings. The first-order valence-corrected chi connectivity index (χ1v) is 4.74. The van der Waals surface area contributed by atoms with E-state index in [1.54, 1.807) is 0 Å². The quantitative estimate of drug-likeness (QED) is 0.635. The molecule has 0 aromatic rings. The van der Waals surface area contributed by atoms with Crippen molar-refractivity contribution < 1.29 is 0 Å². The maximum Gasteiger partial charge on any atom is 0.0180 e. The van der Waals surface area contributed by atoms with Gasteiger partial charge >= 0.3 is 0 Å². The van der Waals surface area contributed by atoms with Crippen LogP contribution in [-0.4, -0.2) is 36.1 Å². The molecule has 1 saturated heterocycles. The molecule has 1 unspecified atom stereocenters. The molecule has 0 aromatic heterocycles. The van der Waals surface area contributed by atoms with Crippen molar-refractivity contribution in [1.82, 2.24) is 4.90 Å². The van der Waals surface area contributed by atoms with Gasteiger partial charge in [0.05, 0.1) is 0 Å². The lowest BCUT2D eigenvalue weighted by Gasteiger charge is -2.22. The van der Waals surface area contributed by atoms with Crippen molar-refractivity contribution in [1.29, 1.82) is 0 Å². The van der Waals surface area contributed by atoms with Crippen LogP contribution in [0.4, 0.5) is 0 Å². The summed E-state index contributed by atoms with van der Waals surface area (Å²) in [6.07, 6.45) is 2.20. The average molecular weight is 171 g/mol. The fraction of sp³-hybridized carbons (Fsp3) is 1.00. The molecule has 1 aliphatic heterocycles. The Kier molecular flexibility index (Phi) is 3.09. The molecular weight excluding hydrogens is 150 g/mol. The summed E-state index contributed by atoms with van der Waals surface area (Å²) < 4.78 is 0. The average Bonchev–Trinajstić information content (AvgIpc) is 2.30. The Labute approximate surface area is 75.1 Å². The van der Waals surface area contributed by atoms with Crippen LogP contribution in [0.2, 0.25) is 0 Å². The second-order valence-corrected chi connectivity index (χ2v) is 4.59. The molecule has 1 atom stereocenters. The molecule has 0 amide bonds. The summed E-state index contributed by atoms with van der Waals surface area (Å²) in [5, 5.41) is 0. The molecular formula is C9H21N3. The SMILES string of the molecule is CC(C)(N)CCN1CCC(N)C1. The van der Waals surface area contributed by atoms with Gasteiger partial charge in [-0.1, -0.05) is 0 Å². The standard InChI is InChI=1S/C9H21N3/c1-9(2,11)4-6-12-5-3-8(10)7-12/h8H,3-7,10-11H2,1-2H3. The van der Waals surface area contributed by atoms with Crippen molar-refractivity contribution in [3.05, 3.63) is 0 Å². The number of likely N-dealkylation sites (tertiary alicyclic amines) is 1. The second kappa shape index (κ2) is 3.73. The van der Waals surface area contributed by atoms with Crippen molar-refractivity contribution in [2.75, 3.05) is 19.6 Å². The highest BCUT2D eigenvalue weighted by Gasteiger charge is 2.20. The van der Waals surface area contributed by atoms with E-state index in [4.69, 9.17) is 11.5 Å². The van der Waals surface area contributed by atoms with Crippen molar-refractivity contribution in [2.24, 2.45) is 11.5 Å². The zero-order valence-corrected chi connectivity index (χ0v) is 8.21. The first-order chi connectivity index (χ1) is 5.47. The molecule has 1 fully saturated rings. The van der Waals surface area contributed by atoms with E-state index in [1.807, 2.05) is 0 Å². The molecule has 0 aromatic carbocycles. The summed E-state index contributed by atoms with van der Waals surface area (Å²) in [7, 11) is 0. The molecule has 1 rings (SSSR count). The predicted octanol–water partition coefficient (Wildman–Crippen LogP) is 0.147. The van der Waals surface area contributed by atoms with Crippen molar-refractivity contribution >= 4 is 0 Å². The first-order valence-electron chi connectivity index (χ1n) is 4.74. The molecule has 3 nitrogen and oxygen atoms in total. The molecule has 72 valence electrons. The summed E-state index contributed by atoms with van der Waals surface area (Å²) >= 11 is 0. The number of hydrogen-bond acceptors (Lipinski definition) is 3. The lowest BCUT2D eigenvalue weighted by atomic mass is 10.0. The van der Waals surface area contributed by atoms with Crippen LogP contribution in [0.5, 0.6) is 0 Å². The third-order valence-electron chi connectivity index (χ3n) is 2.38. The van der Waals surface area contributed by atoms with Gasteiger partial charge < -0.3 is 16.4 Å². The highest BCUT2D eigenvalue weighted by atomic mass is 15.2. The summed E-state index contributed by atoms with van der Waals surface area (Å²) in [6.45, 7) is 7.44. The van der Waals surface area contributed by atoms with Crippen LogP contribution in [0.25, 0.3) is 0 Å². The number of nitrogens with two attached hydrogens (primary N) is 2. The van der Waals surface area contributed by atoms with Crippen LogP contribution >= 0.6 is 0 Å². The van der Waals surface area contributed by atoms with Crippen LogP contribution in [0, 0.1) is 0 Å². The van der Waals surface area contributed by atoms with Gasteiger partial charge in [0, 0.05) is 18.1 Å². The number of hydrogen-bond donors (Lipinski definition) is 2. The van der Waals surface area contributed by atoms with E-state index in [-0.39, 0.29) is 5.54 Å². The minimum Gasteiger partial charge on any atom is -0.326 e. The maximum atomic E-state index is 5.89. The molecule has 0 saturated carbocycles. The Morgan fingerprint density at radius 1 is 1.50 bits per heavy atom. The largest absolute Gasteiger partial charge is 0.326 e. The molecule has 3 heteroatoms. The fourth-order valence-electron chi connectivity index (χ4n) is 1.51. The van der Waals surface area contributed by atoms with Crippen molar-refractivity contribution in [3.8, 4) is 0 Å². The van der Waals surface area contributed by atoms with Crippen LogP contribution in [-0.2, 0) is 0 Å². The molecule has 0 spiro atoms. The van der Waals surface area contributed by atoms with Gasteiger partial charge in [-0.2, -0.15) is 0 Å². The van der Waals surface area contributed by atoms with Crippen molar-refractivity contribution in [2.45, 2.75) is 38.3 Å². The summed E-state index contributed by atoms with van der Waals surface area (Å²) in [5.74, 6) is 0. The minimum atomic E-state index is -0.0350. The Balaban J connectivity index is 2.16. The van der Waals surface area contributed by atoms with Crippen LogP contribution in [0.1, 0.15) is 26.7 Å². The van der Waals surface area contributed by atoms with Gasteiger partial charge in [-0.25, -0.2) is 0 Å². The zero-order chi connectivity index (χ0) is 9.19. The number of nitrogens with zero attached hydrogens (tertiary/aromatic N) is 1. The molecule has 1 heterocycles. The first kappa shape index (κ1) is 9.96. The Hall–Kier alpha value is -0.120. The summed E-state index contributed by atoms with van der Waals surface area (Å²) in [6, 6.07) is 0.394. The molecule has 0 radical (unpaired) electrons. The van der Waals surface area contributed by atoms with Crippen molar-refractivity contribution in [3.63, 3.8) is 0 Å². The third-order valence-corrected chi connectivity index (χ3v) is 2.38. The van der Waals surface area contributed by atoms with E-state index in [2.05, 4.69) is 18.7 Å². The van der Waals surface area contributed by atoms with Crippen LogP contribution < -0.4 is 11.5 Å². The number of rotatable bonds is 3. The maximum absolute atomic E-state index is 5.89. The monoisotopic (exact) mass is 171 g/mol. The van der Waals surface area contributed by atoms with Gasteiger partial charge in [0.25, 0.3) is 0 Å². The lowest BCUT2D eigenvalue weighted by Crippen LogP contribution is -2.37. The molecule has 12 heavy (non-hydrogen) atoms. The second-order valence-electron chi connectivity index (χ2n) is 4.59. The minimum absolute atomic E-state index is 0.0350. The summed E-state index contributed by atoms with van der Waals surface area (Å²) in [4.78, 5) is 2.40. The van der Waals surface area contributed by atoms with Gasteiger partial charge in [0.15, 0.2) is 0 Å². The van der Waals surface area contributed by atoms with E-state index in [0.29, 0.717) is 6.04 Å². The van der Waals surface area contributed by atoms with Gasteiger partial charge in [-0.3, -0.25) is 0 Å². The van der Waals surface area contributed by atoms with Crippen LogP contribution in [0.3, 0.4) is 0 Å². The molecule has 0 aliphatic carbocycles. The van der Waals surface area contributed by atoms with Gasteiger partial charge in [-0.05, 0) is 39.8 Å². The highest BCUT2D eigenvalue weighted by molar-refractivity contribution is 4.80. The predicted molar refractivity (Wildman–Crippen MR) is 51.9 cm³/mol. The Morgan fingerprint density at radius 3 is 2.58 bits per heavy atom. The van der Waals surface area contributed by atoms with Gasteiger partial charge in [0.1, 0.15) is 0 Å². The van der Waals surface area contributed by atoms with Gasteiger partial charge in [-0.15, -0.1) is 0 Å². The fourth-order valence-corrected chi connectivity index (χ4v) is 1.51. The van der Waals surface area contributed by atoms with E-state index in [1.165, 1.54) is 0 Å². The Morgan fingerprint density at radius 2 is 2.17 bits per heavy atom. The Bertz CT molecular complexity index is 139. The lowest BCUT2D eigenvalue weighted by molar-refractivity contribution is 0.295. The third kappa shape index (κ3) is 3.52. The van der Waals surface area contributed by atoms with E-state index < -0.39 is 0 Å². The molecule has 0 bridgehead atoms. The van der Waals surface area contributed by atoms with E-state index in [0.717, 1.165) is 32.5 Å². The smallest absolute Gasteiger partial charge is 0.0180 e. The van der Waals surface area contributed by atoms with E-state index in [9.17, 15) is 0 Å². The zero-order valence-electron chi connectivity index (χ0n) is 8.21. The van der Waals surface area contributed by atoms with E-state index >= 15 is 0 Å². The topological polar surface area (TPSA) is 55.3 Å². The van der Waals surface area contributed by atoms with Crippen LogP contribution in [0.15, 0.2) is 0 Å². The normalized spacial score (nSPS) is 26.5.